The van der Waals surface area contributed by atoms with Gasteiger partial charge in [0.25, 0.3) is 0 Å². The van der Waals surface area contributed by atoms with Crippen molar-refractivity contribution in [3.05, 3.63) is 45.8 Å². The van der Waals surface area contributed by atoms with Crippen molar-refractivity contribution in [2.24, 2.45) is 0 Å². The van der Waals surface area contributed by atoms with E-state index in [4.69, 9.17) is 11.6 Å². The summed E-state index contributed by atoms with van der Waals surface area (Å²) in [4.78, 5) is 7.08. The number of halogens is 1. The number of anilines is 1. The third kappa shape index (κ3) is 2.93. The van der Waals surface area contributed by atoms with Crippen molar-refractivity contribution in [3.63, 3.8) is 0 Å². The molecule has 0 amide bonds. The summed E-state index contributed by atoms with van der Waals surface area (Å²) in [6.45, 7) is 3.09. The van der Waals surface area contributed by atoms with E-state index in [2.05, 4.69) is 39.7 Å². The van der Waals surface area contributed by atoms with Crippen LogP contribution in [0.1, 0.15) is 29.5 Å². The lowest BCUT2D eigenvalue weighted by atomic mass is 10.2. The average Bonchev–Trinajstić information content (AvgIpc) is 3.14. The minimum Gasteiger partial charge on any atom is -0.349 e. The Morgan fingerprint density at radius 3 is 2.84 bits per heavy atom. The summed E-state index contributed by atoms with van der Waals surface area (Å²) in [6.07, 6.45) is 4.46. The highest BCUT2D eigenvalue weighted by Crippen LogP contribution is 2.34. The molecule has 2 nitrogen and oxygen atoms in total. The number of hydrogen-bond donors (Lipinski definition) is 0. The number of aromatic nitrogens is 1. The summed E-state index contributed by atoms with van der Waals surface area (Å²) in [5, 5.41) is 4.36. The fourth-order valence-corrected chi connectivity index (χ4v) is 3.15. The van der Waals surface area contributed by atoms with Gasteiger partial charge in [0, 0.05) is 24.7 Å². The van der Waals surface area contributed by atoms with Crippen LogP contribution in [-0.2, 0) is 12.4 Å². The molecule has 3 rings (SSSR count). The molecule has 2 aromatic heterocycles. The largest absolute Gasteiger partial charge is 0.349 e. The molecular weight excluding hydrogens is 276 g/mol. The predicted octanol–water partition coefficient (Wildman–Crippen LogP) is 4.36. The van der Waals surface area contributed by atoms with E-state index >= 15 is 0 Å². The molecule has 1 fully saturated rings. The van der Waals surface area contributed by atoms with Gasteiger partial charge < -0.3 is 4.90 Å². The van der Waals surface area contributed by atoms with Crippen LogP contribution in [0.25, 0.3) is 0 Å². The number of thiophene rings is 1. The second-order valence-corrected chi connectivity index (χ2v) is 6.16. The SMILES string of the molecule is Cc1cc(CCl)cnc1N(Cc1ccsc1)C1CC1. The Bertz CT molecular complexity index is 549. The van der Waals surface area contributed by atoms with Gasteiger partial charge in [-0.2, -0.15) is 11.3 Å². The molecule has 0 saturated heterocycles. The van der Waals surface area contributed by atoms with Gasteiger partial charge in [-0.3, -0.25) is 0 Å². The standard InChI is InChI=1S/C15H17ClN2S/c1-11-6-13(7-16)8-17-15(11)18(14-2-3-14)9-12-4-5-19-10-12/h4-6,8,10,14H,2-3,7,9H2,1H3. The fourth-order valence-electron chi connectivity index (χ4n) is 2.34. The first kappa shape index (κ1) is 12.9. The van der Waals surface area contributed by atoms with Crippen LogP contribution in [-0.4, -0.2) is 11.0 Å². The van der Waals surface area contributed by atoms with Gasteiger partial charge in [0.2, 0.25) is 0 Å². The topological polar surface area (TPSA) is 16.1 Å². The van der Waals surface area contributed by atoms with Crippen LogP contribution >= 0.6 is 22.9 Å². The van der Waals surface area contributed by atoms with Crippen LogP contribution in [0.5, 0.6) is 0 Å². The van der Waals surface area contributed by atoms with Crippen LogP contribution in [0.4, 0.5) is 5.82 Å². The minimum atomic E-state index is 0.530. The summed E-state index contributed by atoms with van der Waals surface area (Å²) in [6, 6.07) is 5.01. The normalized spacial score (nSPS) is 14.6. The first-order valence-corrected chi connectivity index (χ1v) is 8.05. The molecule has 1 aliphatic carbocycles. The number of hydrogen-bond acceptors (Lipinski definition) is 3. The van der Waals surface area contributed by atoms with E-state index in [-0.39, 0.29) is 0 Å². The zero-order valence-corrected chi connectivity index (χ0v) is 12.5. The molecule has 0 radical (unpaired) electrons. The Labute approximate surface area is 123 Å². The highest BCUT2D eigenvalue weighted by Gasteiger charge is 2.30. The summed E-state index contributed by atoms with van der Waals surface area (Å²) < 4.78 is 0. The van der Waals surface area contributed by atoms with Crippen molar-refractivity contribution < 1.29 is 0 Å². The molecule has 0 aromatic carbocycles. The van der Waals surface area contributed by atoms with Crippen molar-refractivity contribution in [2.45, 2.75) is 38.2 Å². The molecule has 0 bridgehead atoms. The Hall–Kier alpha value is -1.06. The Morgan fingerprint density at radius 2 is 2.26 bits per heavy atom. The van der Waals surface area contributed by atoms with Crippen molar-refractivity contribution in [3.8, 4) is 0 Å². The Morgan fingerprint density at radius 1 is 1.42 bits per heavy atom. The Kier molecular flexibility index (Phi) is 3.76. The van der Waals surface area contributed by atoms with Crippen LogP contribution in [0.2, 0.25) is 0 Å². The second kappa shape index (κ2) is 5.51. The van der Waals surface area contributed by atoms with E-state index in [9.17, 15) is 0 Å². The van der Waals surface area contributed by atoms with Crippen LogP contribution in [0, 0.1) is 6.92 Å². The number of pyridine rings is 1. The average molecular weight is 293 g/mol. The van der Waals surface area contributed by atoms with E-state index in [0.717, 1.165) is 17.9 Å². The maximum atomic E-state index is 5.87. The number of aryl methyl sites for hydroxylation is 1. The fraction of sp³-hybridized carbons (Fsp3) is 0.400. The van der Waals surface area contributed by atoms with Crippen molar-refractivity contribution >= 4 is 28.8 Å². The van der Waals surface area contributed by atoms with Gasteiger partial charge in [-0.15, -0.1) is 11.6 Å². The van der Waals surface area contributed by atoms with Gasteiger partial charge in [0.05, 0.1) is 0 Å². The van der Waals surface area contributed by atoms with Gasteiger partial charge in [0.1, 0.15) is 5.82 Å². The lowest BCUT2D eigenvalue weighted by Gasteiger charge is -2.25. The smallest absolute Gasteiger partial charge is 0.131 e. The second-order valence-electron chi connectivity index (χ2n) is 5.11. The molecule has 0 spiro atoms. The molecule has 2 heterocycles. The third-order valence-corrected chi connectivity index (χ3v) is 4.49. The molecule has 0 N–H and O–H groups in total. The zero-order chi connectivity index (χ0) is 13.2. The third-order valence-electron chi connectivity index (χ3n) is 3.45. The predicted molar refractivity (Wildman–Crippen MR) is 82.1 cm³/mol. The molecule has 0 atom stereocenters. The van der Waals surface area contributed by atoms with Gasteiger partial charge in [-0.25, -0.2) is 4.98 Å². The maximum Gasteiger partial charge on any atom is 0.131 e. The van der Waals surface area contributed by atoms with E-state index in [1.54, 1.807) is 11.3 Å². The van der Waals surface area contributed by atoms with Gasteiger partial charge in [-0.05, 0) is 59.3 Å². The number of alkyl halides is 1. The van der Waals surface area contributed by atoms with Crippen LogP contribution in [0.3, 0.4) is 0 Å². The first-order chi connectivity index (χ1) is 9.28. The number of rotatable bonds is 5. The molecule has 19 heavy (non-hydrogen) atoms. The molecule has 100 valence electrons. The Balaban J connectivity index is 1.87. The molecule has 1 aliphatic rings. The van der Waals surface area contributed by atoms with E-state index in [1.807, 2.05) is 6.20 Å². The quantitative estimate of drug-likeness (QED) is 0.761. The molecule has 4 heteroatoms. The van der Waals surface area contributed by atoms with E-state index < -0.39 is 0 Å². The van der Waals surface area contributed by atoms with Crippen molar-refractivity contribution in [1.82, 2.24) is 4.98 Å². The lowest BCUT2D eigenvalue weighted by Crippen LogP contribution is -2.26. The number of nitrogens with zero attached hydrogens (tertiary/aromatic N) is 2. The summed E-state index contributed by atoms with van der Waals surface area (Å²) in [5.41, 5.74) is 3.69. The monoisotopic (exact) mass is 292 g/mol. The van der Waals surface area contributed by atoms with Crippen LogP contribution in [0.15, 0.2) is 29.1 Å². The van der Waals surface area contributed by atoms with Gasteiger partial charge in [0.15, 0.2) is 0 Å². The van der Waals surface area contributed by atoms with E-state index in [1.165, 1.54) is 24.0 Å². The molecule has 0 aliphatic heterocycles. The summed E-state index contributed by atoms with van der Waals surface area (Å²) in [5.74, 6) is 1.64. The minimum absolute atomic E-state index is 0.530. The van der Waals surface area contributed by atoms with E-state index in [0.29, 0.717) is 11.9 Å². The van der Waals surface area contributed by atoms with Gasteiger partial charge >= 0.3 is 0 Å². The van der Waals surface area contributed by atoms with Crippen LogP contribution < -0.4 is 4.90 Å². The van der Waals surface area contributed by atoms with Crippen molar-refractivity contribution in [2.75, 3.05) is 4.90 Å². The zero-order valence-electron chi connectivity index (χ0n) is 11.0. The van der Waals surface area contributed by atoms with Gasteiger partial charge in [-0.1, -0.05) is 0 Å². The lowest BCUT2D eigenvalue weighted by molar-refractivity contribution is 0.775. The molecule has 0 unspecified atom stereocenters. The molecule has 1 saturated carbocycles. The highest BCUT2D eigenvalue weighted by atomic mass is 35.5. The summed E-state index contributed by atoms with van der Waals surface area (Å²) in [7, 11) is 0. The van der Waals surface area contributed by atoms with Crippen molar-refractivity contribution in [1.29, 1.82) is 0 Å². The first-order valence-electron chi connectivity index (χ1n) is 6.57. The maximum absolute atomic E-state index is 5.87. The molecular formula is C15H17ClN2S. The highest BCUT2D eigenvalue weighted by molar-refractivity contribution is 7.07. The summed E-state index contributed by atoms with van der Waals surface area (Å²) >= 11 is 7.62. The molecule has 2 aromatic rings.